The number of aryl methyl sites for hydroxylation is 1. The first-order valence-electron chi connectivity index (χ1n) is 8.05. The van der Waals surface area contributed by atoms with Crippen LogP contribution in [-0.2, 0) is 17.4 Å². The molecule has 0 aliphatic heterocycles. The summed E-state index contributed by atoms with van der Waals surface area (Å²) in [6, 6.07) is 7.64. The molecular weight excluding hydrogens is 335 g/mol. The van der Waals surface area contributed by atoms with Gasteiger partial charge >= 0.3 is 12.1 Å². The largest absolute Gasteiger partial charge is 0.471 e. The fourth-order valence-corrected chi connectivity index (χ4v) is 2.21. The summed E-state index contributed by atoms with van der Waals surface area (Å²) in [5, 5.41) is 6.08. The lowest BCUT2D eigenvalue weighted by Gasteiger charge is -2.08. The van der Waals surface area contributed by atoms with Gasteiger partial charge in [0, 0.05) is 18.5 Å². The highest BCUT2D eigenvalue weighted by Gasteiger charge is 2.38. The van der Waals surface area contributed by atoms with Crippen LogP contribution in [0.25, 0.3) is 0 Å². The van der Waals surface area contributed by atoms with Gasteiger partial charge in [-0.05, 0) is 36.5 Å². The van der Waals surface area contributed by atoms with Crippen LogP contribution in [0.2, 0.25) is 0 Å². The summed E-state index contributed by atoms with van der Waals surface area (Å²) >= 11 is 0. The number of halogens is 3. The molecule has 136 valence electrons. The molecule has 5 nitrogen and oxygen atoms in total. The van der Waals surface area contributed by atoms with Gasteiger partial charge in [-0.3, -0.25) is 4.79 Å². The van der Waals surface area contributed by atoms with Crippen molar-refractivity contribution >= 4 is 11.6 Å². The summed E-state index contributed by atoms with van der Waals surface area (Å²) < 4.78 is 41.1. The Bertz CT molecular complexity index is 694. The highest BCUT2D eigenvalue weighted by Crippen LogP contribution is 2.27. The van der Waals surface area contributed by atoms with Gasteiger partial charge in [-0.15, -0.1) is 0 Å². The maximum absolute atomic E-state index is 12.3. The molecule has 0 fully saturated rings. The van der Waals surface area contributed by atoms with E-state index in [9.17, 15) is 18.0 Å². The van der Waals surface area contributed by atoms with E-state index >= 15 is 0 Å². The van der Waals surface area contributed by atoms with Gasteiger partial charge < -0.3 is 9.84 Å². The number of nitrogens with zero attached hydrogens (tertiary/aromatic N) is 2. The van der Waals surface area contributed by atoms with Crippen molar-refractivity contribution in [3.8, 4) is 0 Å². The zero-order chi connectivity index (χ0) is 18.4. The van der Waals surface area contributed by atoms with E-state index in [4.69, 9.17) is 0 Å². The summed E-state index contributed by atoms with van der Waals surface area (Å²) in [6.07, 6.45) is -3.11. The van der Waals surface area contributed by atoms with Crippen LogP contribution in [-0.4, -0.2) is 16.0 Å². The van der Waals surface area contributed by atoms with Gasteiger partial charge in [-0.25, -0.2) is 0 Å². The van der Waals surface area contributed by atoms with Crippen LogP contribution < -0.4 is 5.32 Å². The lowest BCUT2D eigenvalue weighted by Crippen LogP contribution is -2.11. The Morgan fingerprint density at radius 2 is 1.88 bits per heavy atom. The minimum absolute atomic E-state index is 0.00277. The molecule has 8 heteroatoms. The molecule has 0 aliphatic rings. The molecular formula is C17H20F3N3O2. The van der Waals surface area contributed by atoms with Gasteiger partial charge in [-0.1, -0.05) is 31.1 Å². The molecule has 0 atom stereocenters. The van der Waals surface area contributed by atoms with Crippen molar-refractivity contribution in [3.05, 3.63) is 41.5 Å². The number of hydrogen-bond acceptors (Lipinski definition) is 4. The topological polar surface area (TPSA) is 68.0 Å². The number of benzene rings is 1. The number of nitrogens with one attached hydrogen (secondary N) is 1. The van der Waals surface area contributed by atoms with Crippen LogP contribution >= 0.6 is 0 Å². The van der Waals surface area contributed by atoms with E-state index in [-0.39, 0.29) is 24.6 Å². The van der Waals surface area contributed by atoms with E-state index in [1.54, 1.807) is 0 Å². The molecule has 0 spiro atoms. The average Bonchev–Trinajstić information content (AvgIpc) is 3.01. The van der Waals surface area contributed by atoms with Crippen molar-refractivity contribution in [2.75, 3.05) is 5.32 Å². The maximum Gasteiger partial charge on any atom is 0.471 e. The van der Waals surface area contributed by atoms with E-state index in [0.29, 0.717) is 18.8 Å². The quantitative estimate of drug-likeness (QED) is 0.739. The lowest BCUT2D eigenvalue weighted by molar-refractivity contribution is -0.159. The fraction of sp³-hybridized carbons (Fsp3) is 0.471. The maximum atomic E-state index is 12.3. The molecule has 25 heavy (non-hydrogen) atoms. The molecule has 1 aromatic heterocycles. The van der Waals surface area contributed by atoms with Gasteiger partial charge in [-0.2, -0.15) is 18.2 Å². The van der Waals surface area contributed by atoms with Crippen LogP contribution in [0.1, 0.15) is 56.3 Å². The summed E-state index contributed by atoms with van der Waals surface area (Å²) in [6.45, 7) is 4.18. The van der Waals surface area contributed by atoms with Gasteiger partial charge in [0.1, 0.15) is 0 Å². The zero-order valence-corrected chi connectivity index (χ0v) is 14.1. The number of unbranched alkanes of at least 4 members (excludes halogenated alkanes) is 1. The summed E-state index contributed by atoms with van der Waals surface area (Å²) in [5.41, 5.74) is 1.92. The third-order valence-corrected chi connectivity index (χ3v) is 3.63. The normalized spacial score (nSPS) is 11.8. The van der Waals surface area contributed by atoms with Crippen LogP contribution in [0.5, 0.6) is 0 Å². The molecule has 2 aromatic rings. The Balaban J connectivity index is 1.71. The SMILES string of the molecule is CC(C)c1ccc(NC(=O)CCCCc2noc(C(F)(F)F)n2)cc1. The highest BCUT2D eigenvalue weighted by molar-refractivity contribution is 5.90. The predicted octanol–water partition coefficient (Wildman–Crippen LogP) is 4.56. The minimum Gasteiger partial charge on any atom is -0.329 e. The smallest absolute Gasteiger partial charge is 0.329 e. The number of amides is 1. The van der Waals surface area contributed by atoms with Crippen molar-refractivity contribution in [2.24, 2.45) is 0 Å². The third kappa shape index (κ3) is 5.88. The Morgan fingerprint density at radius 1 is 1.20 bits per heavy atom. The zero-order valence-electron chi connectivity index (χ0n) is 14.1. The number of carbonyl (C=O) groups is 1. The Morgan fingerprint density at radius 3 is 2.44 bits per heavy atom. The van der Waals surface area contributed by atoms with Gasteiger partial charge in [0.25, 0.3) is 0 Å². The first-order chi connectivity index (χ1) is 11.8. The molecule has 1 heterocycles. The number of carbonyl (C=O) groups excluding carboxylic acids is 1. The highest BCUT2D eigenvalue weighted by atomic mass is 19.4. The minimum atomic E-state index is -4.63. The second-order valence-electron chi connectivity index (χ2n) is 6.05. The lowest BCUT2D eigenvalue weighted by atomic mass is 10.0. The molecule has 1 aromatic carbocycles. The molecule has 2 rings (SSSR count). The van der Waals surface area contributed by atoms with Crippen LogP contribution in [0.3, 0.4) is 0 Å². The first-order valence-corrected chi connectivity index (χ1v) is 8.05. The molecule has 0 unspecified atom stereocenters. The standard InChI is InChI=1S/C17H20F3N3O2/c1-11(2)12-7-9-13(10-8-12)21-15(24)6-4-3-5-14-22-16(25-23-14)17(18,19)20/h7-11H,3-6H2,1-2H3,(H,21,24). The predicted molar refractivity (Wildman–Crippen MR) is 86.0 cm³/mol. The molecule has 0 saturated carbocycles. The fourth-order valence-electron chi connectivity index (χ4n) is 2.21. The number of aromatic nitrogens is 2. The molecule has 0 bridgehead atoms. The van der Waals surface area contributed by atoms with Crippen molar-refractivity contribution < 1.29 is 22.5 Å². The van der Waals surface area contributed by atoms with Crippen LogP contribution in [0.4, 0.5) is 18.9 Å². The Hall–Kier alpha value is -2.38. The van der Waals surface area contributed by atoms with Crippen molar-refractivity contribution in [2.45, 2.75) is 51.6 Å². The number of alkyl halides is 3. The first kappa shape index (κ1) is 19.0. The second kappa shape index (κ2) is 8.13. The Kier molecular flexibility index (Phi) is 6.17. The Labute approximate surface area is 143 Å². The van der Waals surface area contributed by atoms with E-state index < -0.39 is 12.1 Å². The van der Waals surface area contributed by atoms with E-state index in [2.05, 4.69) is 33.8 Å². The van der Waals surface area contributed by atoms with Crippen molar-refractivity contribution in [1.82, 2.24) is 10.1 Å². The number of hydrogen-bond donors (Lipinski definition) is 1. The van der Waals surface area contributed by atoms with E-state index in [0.717, 1.165) is 5.69 Å². The van der Waals surface area contributed by atoms with E-state index in [1.165, 1.54) is 5.56 Å². The average molecular weight is 355 g/mol. The third-order valence-electron chi connectivity index (χ3n) is 3.63. The van der Waals surface area contributed by atoms with E-state index in [1.807, 2.05) is 24.3 Å². The monoisotopic (exact) mass is 355 g/mol. The summed E-state index contributed by atoms with van der Waals surface area (Å²) in [5.74, 6) is -1.06. The van der Waals surface area contributed by atoms with Gasteiger partial charge in [0.15, 0.2) is 5.82 Å². The number of rotatable bonds is 7. The van der Waals surface area contributed by atoms with Crippen LogP contribution in [0.15, 0.2) is 28.8 Å². The molecule has 0 aliphatic carbocycles. The van der Waals surface area contributed by atoms with Gasteiger partial charge in [0.2, 0.25) is 5.91 Å². The van der Waals surface area contributed by atoms with Gasteiger partial charge in [0.05, 0.1) is 0 Å². The summed E-state index contributed by atoms with van der Waals surface area (Å²) in [7, 11) is 0. The molecule has 0 radical (unpaired) electrons. The molecule has 1 amide bonds. The van der Waals surface area contributed by atoms with Crippen molar-refractivity contribution in [1.29, 1.82) is 0 Å². The summed E-state index contributed by atoms with van der Waals surface area (Å²) in [4.78, 5) is 15.2. The molecule has 0 saturated heterocycles. The second-order valence-corrected chi connectivity index (χ2v) is 6.05. The van der Waals surface area contributed by atoms with Crippen molar-refractivity contribution in [3.63, 3.8) is 0 Å². The van der Waals surface area contributed by atoms with Crippen LogP contribution in [0, 0.1) is 0 Å². The number of anilines is 1. The molecule has 1 N–H and O–H groups in total.